The minimum Gasteiger partial charge on any atom is -0.485 e. The number of fused-ring (bicyclic) bond motifs is 1. The monoisotopic (exact) mass is 316 g/mol. The maximum absolute atomic E-state index is 5.93. The first-order chi connectivity index (χ1) is 9.24. The molecule has 3 nitrogen and oxygen atoms in total. The van der Waals surface area contributed by atoms with Crippen molar-refractivity contribution in [2.75, 3.05) is 0 Å². The van der Waals surface area contributed by atoms with Crippen LogP contribution >= 0.6 is 15.9 Å². The average molecular weight is 317 g/mol. The van der Waals surface area contributed by atoms with Gasteiger partial charge in [-0.15, -0.1) is 0 Å². The molecule has 3 rings (SSSR count). The number of halogens is 1. The minimum absolute atomic E-state index is 0.537. The quantitative estimate of drug-likeness (QED) is 0.732. The molecule has 0 aliphatic heterocycles. The summed E-state index contributed by atoms with van der Waals surface area (Å²) in [7, 11) is 1.91. The van der Waals surface area contributed by atoms with Gasteiger partial charge in [0.25, 0.3) is 0 Å². The van der Waals surface area contributed by atoms with Crippen molar-refractivity contribution in [3.05, 3.63) is 58.7 Å². The van der Waals surface area contributed by atoms with E-state index in [2.05, 4.69) is 21.0 Å². The van der Waals surface area contributed by atoms with E-state index in [1.54, 1.807) is 4.68 Å². The lowest BCUT2D eigenvalue weighted by Crippen LogP contribution is -1.97. The molecule has 0 saturated carbocycles. The molecule has 1 aromatic heterocycles. The molecule has 0 aliphatic rings. The van der Waals surface area contributed by atoms with E-state index >= 15 is 0 Å². The summed E-state index contributed by atoms with van der Waals surface area (Å²) in [5, 5.41) is 5.53. The van der Waals surface area contributed by atoms with Crippen LogP contribution in [0, 0.1) is 0 Å². The summed E-state index contributed by atoms with van der Waals surface area (Å²) in [6.07, 6.45) is 1.98. The Kier molecular flexibility index (Phi) is 3.25. The number of ether oxygens (including phenoxy) is 1. The third-order valence-electron chi connectivity index (χ3n) is 2.92. The Labute approximate surface area is 119 Å². The molecule has 0 amide bonds. The van der Waals surface area contributed by atoms with E-state index in [-0.39, 0.29) is 0 Å². The molecule has 0 N–H and O–H groups in total. The average Bonchev–Trinajstić information content (AvgIpc) is 2.79. The second-order valence-electron chi connectivity index (χ2n) is 4.39. The fourth-order valence-corrected chi connectivity index (χ4v) is 2.46. The predicted octanol–water partition coefficient (Wildman–Crippen LogP) is 3.91. The van der Waals surface area contributed by atoms with Gasteiger partial charge in [-0.3, -0.25) is 4.68 Å². The first kappa shape index (κ1) is 12.2. The van der Waals surface area contributed by atoms with E-state index in [4.69, 9.17) is 4.74 Å². The molecule has 3 aromatic rings. The molecule has 0 saturated heterocycles. The molecule has 0 atom stereocenters. The van der Waals surface area contributed by atoms with Crippen molar-refractivity contribution < 1.29 is 4.74 Å². The Morgan fingerprint density at radius 2 is 1.95 bits per heavy atom. The molecule has 1 heterocycles. The Morgan fingerprint density at radius 3 is 2.74 bits per heavy atom. The van der Waals surface area contributed by atoms with Gasteiger partial charge in [-0.2, -0.15) is 5.10 Å². The number of benzene rings is 2. The van der Waals surface area contributed by atoms with Crippen LogP contribution in [0.2, 0.25) is 0 Å². The molecule has 0 spiro atoms. The van der Waals surface area contributed by atoms with Crippen LogP contribution in [0.5, 0.6) is 5.75 Å². The predicted molar refractivity (Wildman–Crippen MR) is 79.2 cm³/mol. The third kappa shape index (κ3) is 2.49. The van der Waals surface area contributed by atoms with Gasteiger partial charge in [0.15, 0.2) is 5.75 Å². The Bertz CT molecular complexity index is 707. The van der Waals surface area contributed by atoms with E-state index in [9.17, 15) is 0 Å². The summed E-state index contributed by atoms with van der Waals surface area (Å²) in [4.78, 5) is 0. The number of hydrogen-bond acceptors (Lipinski definition) is 2. The summed E-state index contributed by atoms with van der Waals surface area (Å²) >= 11 is 3.53. The van der Waals surface area contributed by atoms with Gasteiger partial charge in [-0.05, 0) is 33.6 Å². The lowest BCUT2D eigenvalue weighted by molar-refractivity contribution is 0.307. The molecule has 2 aromatic carbocycles. The minimum atomic E-state index is 0.537. The van der Waals surface area contributed by atoms with E-state index < -0.39 is 0 Å². The van der Waals surface area contributed by atoms with Crippen molar-refractivity contribution in [3.63, 3.8) is 0 Å². The first-order valence-corrected chi connectivity index (χ1v) is 6.82. The fourth-order valence-electron chi connectivity index (χ4n) is 2.02. The maximum Gasteiger partial charge on any atom is 0.162 e. The van der Waals surface area contributed by atoms with Crippen LogP contribution in [-0.4, -0.2) is 9.78 Å². The fraction of sp³-hybridized carbons (Fsp3) is 0.133. The van der Waals surface area contributed by atoms with E-state index in [1.165, 1.54) is 0 Å². The second-order valence-corrected chi connectivity index (χ2v) is 5.25. The molecule has 19 heavy (non-hydrogen) atoms. The van der Waals surface area contributed by atoms with Crippen molar-refractivity contribution in [3.8, 4) is 5.75 Å². The lowest BCUT2D eigenvalue weighted by atomic mass is 10.2. The molecule has 0 radical (unpaired) electrons. The Balaban J connectivity index is 1.93. The third-order valence-corrected chi connectivity index (χ3v) is 3.55. The zero-order chi connectivity index (χ0) is 13.2. The molecular weight excluding hydrogens is 304 g/mol. The number of hydrogen-bond donors (Lipinski definition) is 0. The van der Waals surface area contributed by atoms with Crippen LogP contribution in [0.25, 0.3) is 10.9 Å². The van der Waals surface area contributed by atoms with Crippen molar-refractivity contribution in [1.82, 2.24) is 9.78 Å². The van der Waals surface area contributed by atoms with Crippen molar-refractivity contribution >= 4 is 26.8 Å². The van der Waals surface area contributed by atoms with Crippen LogP contribution in [0.4, 0.5) is 0 Å². The highest BCUT2D eigenvalue weighted by atomic mass is 79.9. The number of rotatable bonds is 3. The van der Waals surface area contributed by atoms with Crippen LogP contribution < -0.4 is 4.74 Å². The van der Waals surface area contributed by atoms with Gasteiger partial charge < -0.3 is 4.74 Å². The van der Waals surface area contributed by atoms with Gasteiger partial charge in [-0.25, -0.2) is 0 Å². The van der Waals surface area contributed by atoms with Gasteiger partial charge in [0.05, 0.1) is 4.47 Å². The number of aromatic nitrogens is 2. The molecule has 0 fully saturated rings. The second kappa shape index (κ2) is 5.05. The Hall–Kier alpha value is -1.81. The van der Waals surface area contributed by atoms with Crippen LogP contribution in [0.15, 0.2) is 53.1 Å². The highest BCUT2D eigenvalue weighted by Gasteiger charge is 2.10. The zero-order valence-corrected chi connectivity index (χ0v) is 12.1. The summed E-state index contributed by atoms with van der Waals surface area (Å²) in [5.74, 6) is 0.793. The van der Waals surface area contributed by atoms with Crippen molar-refractivity contribution in [2.45, 2.75) is 6.61 Å². The highest BCUT2D eigenvalue weighted by Crippen LogP contribution is 2.33. The van der Waals surface area contributed by atoms with Crippen LogP contribution in [-0.2, 0) is 13.7 Å². The summed E-state index contributed by atoms with van der Waals surface area (Å²) in [5.41, 5.74) is 2.02. The summed E-state index contributed by atoms with van der Waals surface area (Å²) in [6, 6.07) is 14.1. The van der Waals surface area contributed by atoms with Gasteiger partial charge in [0.2, 0.25) is 0 Å². The first-order valence-electron chi connectivity index (χ1n) is 6.02. The smallest absolute Gasteiger partial charge is 0.162 e. The van der Waals surface area contributed by atoms with Gasteiger partial charge >= 0.3 is 0 Å². The van der Waals surface area contributed by atoms with E-state index in [0.29, 0.717) is 6.61 Å². The molecule has 0 aliphatic carbocycles. The molecule has 96 valence electrons. The molecule has 0 bridgehead atoms. The Morgan fingerprint density at radius 1 is 1.16 bits per heavy atom. The SMILES string of the molecule is Cn1cc2ccc(Br)c(OCc3ccccc3)c2n1. The van der Waals surface area contributed by atoms with Crippen molar-refractivity contribution in [2.24, 2.45) is 7.05 Å². The lowest BCUT2D eigenvalue weighted by Gasteiger charge is -2.08. The van der Waals surface area contributed by atoms with Crippen LogP contribution in [0.1, 0.15) is 5.56 Å². The largest absolute Gasteiger partial charge is 0.485 e. The molecule has 0 unspecified atom stereocenters. The highest BCUT2D eigenvalue weighted by molar-refractivity contribution is 9.10. The van der Waals surface area contributed by atoms with Gasteiger partial charge in [-0.1, -0.05) is 30.3 Å². The van der Waals surface area contributed by atoms with E-state index in [0.717, 1.165) is 26.7 Å². The summed E-state index contributed by atoms with van der Waals surface area (Å²) < 4.78 is 8.65. The van der Waals surface area contributed by atoms with Gasteiger partial charge in [0.1, 0.15) is 12.1 Å². The zero-order valence-electron chi connectivity index (χ0n) is 10.5. The topological polar surface area (TPSA) is 27.1 Å². The van der Waals surface area contributed by atoms with Crippen molar-refractivity contribution in [1.29, 1.82) is 0 Å². The normalized spacial score (nSPS) is 10.8. The van der Waals surface area contributed by atoms with Crippen LogP contribution in [0.3, 0.4) is 0 Å². The van der Waals surface area contributed by atoms with Gasteiger partial charge in [0, 0.05) is 18.6 Å². The summed E-state index contributed by atoms with van der Waals surface area (Å²) in [6.45, 7) is 0.537. The maximum atomic E-state index is 5.93. The molecular formula is C15H13BrN2O. The number of nitrogens with zero attached hydrogens (tertiary/aromatic N) is 2. The van der Waals surface area contributed by atoms with E-state index in [1.807, 2.05) is 55.7 Å². The number of aryl methyl sites for hydroxylation is 1. The standard InChI is InChI=1S/C15H13BrN2O/c1-18-9-12-7-8-13(16)15(14(12)17-18)19-10-11-5-3-2-4-6-11/h2-9H,10H2,1H3. The molecule has 4 heteroatoms.